The van der Waals surface area contributed by atoms with Crippen molar-refractivity contribution in [3.8, 4) is 17.1 Å². The van der Waals surface area contributed by atoms with Crippen LogP contribution in [0.4, 0.5) is 5.69 Å². The van der Waals surface area contributed by atoms with Gasteiger partial charge in [0.15, 0.2) is 5.82 Å². The molecule has 0 spiro atoms. The van der Waals surface area contributed by atoms with Gasteiger partial charge in [0.2, 0.25) is 4.34 Å². The molecule has 0 bridgehead atoms. The van der Waals surface area contributed by atoms with Gasteiger partial charge in [-0.25, -0.2) is 9.78 Å². The molecule has 0 aliphatic carbocycles. The minimum Gasteiger partial charge on any atom is -0.487 e. The first-order valence-electron chi connectivity index (χ1n) is 11.5. The Balaban J connectivity index is 1.69. The summed E-state index contributed by atoms with van der Waals surface area (Å²) < 4.78 is 39.5. The van der Waals surface area contributed by atoms with Gasteiger partial charge in [0.1, 0.15) is 12.4 Å². The SMILES string of the molecule is Cc1csc(S(=O)(=O)N(CC(C)C)c2cc(C)c(Cl)cc2OCc2ccc(-c3noc(=O)[nH]3)cc2C)n1. The molecular formula is C25H27ClN4O5S2. The molecule has 0 saturated carbocycles. The molecule has 2 aromatic heterocycles. The highest BCUT2D eigenvalue weighted by atomic mass is 35.5. The smallest absolute Gasteiger partial charge is 0.439 e. The maximum atomic E-state index is 13.7. The molecule has 0 radical (unpaired) electrons. The molecule has 9 nitrogen and oxygen atoms in total. The topological polar surface area (TPSA) is 118 Å². The second-order valence-corrected chi connectivity index (χ2v) is 12.4. The fraction of sp³-hybridized carbons (Fsp3) is 0.320. The van der Waals surface area contributed by atoms with E-state index in [1.54, 1.807) is 30.5 Å². The zero-order valence-corrected chi connectivity index (χ0v) is 23.4. The second kappa shape index (κ2) is 10.7. The minimum absolute atomic E-state index is 0.0292. The Bertz CT molecular complexity index is 1590. The van der Waals surface area contributed by atoms with E-state index in [0.29, 0.717) is 33.5 Å². The summed E-state index contributed by atoms with van der Waals surface area (Å²) in [4.78, 5) is 18.0. The van der Waals surface area contributed by atoms with Gasteiger partial charge < -0.3 is 4.74 Å². The number of ether oxygens (including phenoxy) is 1. The Hall–Kier alpha value is -3.15. The number of H-pyrrole nitrogens is 1. The van der Waals surface area contributed by atoms with Crippen molar-refractivity contribution in [3.05, 3.63) is 73.7 Å². The summed E-state index contributed by atoms with van der Waals surface area (Å²) in [5.41, 5.74) is 4.23. The first kappa shape index (κ1) is 26.9. The van der Waals surface area contributed by atoms with Gasteiger partial charge in [0, 0.05) is 34.3 Å². The number of rotatable bonds is 9. The fourth-order valence-corrected chi connectivity index (χ4v) is 6.60. The molecule has 0 unspecified atom stereocenters. The van der Waals surface area contributed by atoms with Crippen molar-refractivity contribution in [3.63, 3.8) is 0 Å². The van der Waals surface area contributed by atoms with Crippen LogP contribution in [0.3, 0.4) is 0 Å². The van der Waals surface area contributed by atoms with Gasteiger partial charge in [-0.3, -0.25) is 13.8 Å². The number of sulfonamides is 1. The average Bonchev–Trinajstić information content (AvgIpc) is 3.47. The minimum atomic E-state index is -3.93. The normalized spacial score (nSPS) is 11.8. The zero-order valence-electron chi connectivity index (χ0n) is 21.0. The lowest BCUT2D eigenvalue weighted by molar-refractivity contribution is 0.306. The van der Waals surface area contributed by atoms with Crippen LogP contribution in [-0.4, -0.2) is 30.1 Å². The molecule has 37 heavy (non-hydrogen) atoms. The second-order valence-electron chi connectivity index (χ2n) is 9.13. The van der Waals surface area contributed by atoms with E-state index in [4.69, 9.17) is 16.3 Å². The molecule has 0 amide bonds. The van der Waals surface area contributed by atoms with Gasteiger partial charge in [0.25, 0.3) is 10.0 Å². The van der Waals surface area contributed by atoms with Crippen LogP contribution in [0.1, 0.15) is 36.2 Å². The number of benzene rings is 2. The molecule has 0 fully saturated rings. The number of aryl methyl sites for hydroxylation is 3. The van der Waals surface area contributed by atoms with Crippen molar-refractivity contribution in [2.24, 2.45) is 5.92 Å². The molecule has 12 heteroatoms. The number of aromatic amines is 1. The van der Waals surface area contributed by atoms with Gasteiger partial charge in [-0.05, 0) is 55.5 Å². The standard InChI is InChI=1S/C25H27ClN4O5S2/c1-14(2)11-30(37(32,33)25-27-17(5)13-36-25)21-9-16(4)20(26)10-22(21)34-12-19-7-6-18(8-15(19)3)23-28-24(31)35-29-23/h6-10,13-14H,11-12H2,1-5H3,(H,28,29,31). The molecule has 4 aromatic rings. The lowest BCUT2D eigenvalue weighted by Gasteiger charge is -2.27. The van der Waals surface area contributed by atoms with E-state index in [1.165, 1.54) is 4.31 Å². The van der Waals surface area contributed by atoms with Crippen molar-refractivity contribution >= 4 is 38.6 Å². The first-order valence-corrected chi connectivity index (χ1v) is 14.2. The van der Waals surface area contributed by atoms with Crippen molar-refractivity contribution in [2.75, 3.05) is 10.8 Å². The number of hydrogen-bond acceptors (Lipinski definition) is 8. The third-order valence-corrected chi connectivity index (χ3v) is 9.13. The molecule has 0 atom stereocenters. The highest BCUT2D eigenvalue weighted by molar-refractivity contribution is 7.94. The molecule has 0 aliphatic heterocycles. The summed E-state index contributed by atoms with van der Waals surface area (Å²) in [6.07, 6.45) is 0. The number of halogens is 1. The van der Waals surface area contributed by atoms with E-state index in [1.807, 2.05) is 39.8 Å². The monoisotopic (exact) mass is 562 g/mol. The Morgan fingerprint density at radius 1 is 1.16 bits per heavy atom. The zero-order chi connectivity index (χ0) is 26.9. The maximum absolute atomic E-state index is 13.7. The van der Waals surface area contributed by atoms with Crippen LogP contribution in [-0.2, 0) is 16.6 Å². The highest BCUT2D eigenvalue weighted by Gasteiger charge is 2.31. The molecule has 0 aliphatic rings. The third kappa shape index (κ3) is 5.89. The summed E-state index contributed by atoms with van der Waals surface area (Å²) in [5, 5.41) is 5.90. The van der Waals surface area contributed by atoms with Gasteiger partial charge in [-0.2, -0.15) is 8.42 Å². The van der Waals surface area contributed by atoms with Crippen LogP contribution in [0.15, 0.2) is 49.4 Å². The molecule has 4 rings (SSSR count). The van der Waals surface area contributed by atoms with E-state index >= 15 is 0 Å². The number of thiazole rings is 1. The number of aromatic nitrogens is 3. The van der Waals surface area contributed by atoms with Crippen molar-refractivity contribution in [2.45, 2.75) is 45.6 Å². The summed E-state index contributed by atoms with van der Waals surface area (Å²) in [5.74, 6) is 0.0904. The lowest BCUT2D eigenvalue weighted by atomic mass is 10.1. The van der Waals surface area contributed by atoms with Crippen LogP contribution < -0.4 is 14.8 Å². The first-order chi connectivity index (χ1) is 17.5. The number of hydrogen-bond donors (Lipinski definition) is 1. The molecule has 1 N–H and O–H groups in total. The average molecular weight is 563 g/mol. The predicted octanol–water partition coefficient (Wildman–Crippen LogP) is 5.50. The Morgan fingerprint density at radius 3 is 2.51 bits per heavy atom. The van der Waals surface area contributed by atoms with Gasteiger partial charge in [0.05, 0.1) is 5.69 Å². The van der Waals surface area contributed by atoms with Crippen LogP contribution in [0, 0.1) is 26.7 Å². The Morgan fingerprint density at radius 2 is 1.92 bits per heavy atom. The number of anilines is 1. The lowest BCUT2D eigenvalue weighted by Crippen LogP contribution is -2.34. The van der Waals surface area contributed by atoms with Gasteiger partial charge in [-0.15, -0.1) is 11.3 Å². The summed E-state index contributed by atoms with van der Waals surface area (Å²) >= 11 is 7.52. The summed E-state index contributed by atoms with van der Waals surface area (Å²) in [6, 6.07) is 8.88. The van der Waals surface area contributed by atoms with Crippen LogP contribution in [0.5, 0.6) is 5.75 Å². The molecule has 0 saturated heterocycles. The maximum Gasteiger partial charge on any atom is 0.439 e. The molecule has 2 aromatic carbocycles. The fourth-order valence-electron chi connectivity index (χ4n) is 3.68. The summed E-state index contributed by atoms with van der Waals surface area (Å²) in [6.45, 7) is 9.79. The molecule has 196 valence electrons. The number of nitrogens with one attached hydrogen (secondary N) is 1. The van der Waals surface area contributed by atoms with Gasteiger partial charge >= 0.3 is 5.76 Å². The van der Waals surface area contributed by atoms with Crippen LogP contribution in [0.2, 0.25) is 5.02 Å². The molecule has 2 heterocycles. The van der Waals surface area contributed by atoms with Crippen LogP contribution in [0.25, 0.3) is 11.4 Å². The number of nitrogens with zero attached hydrogens (tertiary/aromatic N) is 3. The largest absolute Gasteiger partial charge is 0.487 e. The molecular weight excluding hydrogens is 536 g/mol. The van der Waals surface area contributed by atoms with Crippen LogP contribution >= 0.6 is 22.9 Å². The van der Waals surface area contributed by atoms with E-state index in [-0.39, 0.29) is 23.4 Å². The van der Waals surface area contributed by atoms with E-state index < -0.39 is 15.8 Å². The van der Waals surface area contributed by atoms with E-state index in [2.05, 4.69) is 19.6 Å². The van der Waals surface area contributed by atoms with Crippen molar-refractivity contribution < 1.29 is 17.7 Å². The Labute approximate surface area is 224 Å². The van der Waals surface area contributed by atoms with E-state index in [0.717, 1.165) is 28.0 Å². The summed E-state index contributed by atoms with van der Waals surface area (Å²) in [7, 11) is -3.93. The van der Waals surface area contributed by atoms with Gasteiger partial charge in [-0.1, -0.05) is 42.7 Å². The van der Waals surface area contributed by atoms with E-state index in [9.17, 15) is 13.2 Å². The van der Waals surface area contributed by atoms with Crippen molar-refractivity contribution in [1.29, 1.82) is 0 Å². The quantitative estimate of drug-likeness (QED) is 0.286. The third-order valence-electron chi connectivity index (χ3n) is 5.59. The predicted molar refractivity (Wildman–Crippen MR) is 144 cm³/mol. The Kier molecular flexibility index (Phi) is 7.77. The van der Waals surface area contributed by atoms with Crippen molar-refractivity contribution in [1.82, 2.24) is 15.1 Å². The highest BCUT2D eigenvalue weighted by Crippen LogP contribution is 2.38.